The normalized spacial score (nSPS) is 9.88. The quantitative estimate of drug-likeness (QED) is 0.765. The van der Waals surface area contributed by atoms with E-state index in [9.17, 15) is 4.79 Å². The molecule has 0 amide bonds. The predicted octanol–water partition coefficient (Wildman–Crippen LogP) is 1.48. The van der Waals surface area contributed by atoms with Crippen LogP contribution in [0.4, 0.5) is 0 Å². The zero-order chi connectivity index (χ0) is 6.57. The Morgan fingerprint density at radius 3 is 1.88 bits per heavy atom. The maximum Gasteiger partial charge on any atom is 0.308 e. The molecule has 0 saturated carbocycles. The van der Waals surface area contributed by atoms with Gasteiger partial charge in [-0.3, -0.25) is 4.79 Å². The van der Waals surface area contributed by atoms with Gasteiger partial charge >= 0.3 is 5.97 Å². The summed E-state index contributed by atoms with van der Waals surface area (Å²) in [5.41, 5.74) is 0. The fraction of sp³-hybridized carbons (Fsp3) is 0.750. The van der Waals surface area contributed by atoms with Crippen LogP contribution in [0.2, 0.25) is 0 Å². The van der Waals surface area contributed by atoms with Gasteiger partial charge in [-0.25, -0.2) is 0 Å². The van der Waals surface area contributed by atoms with Gasteiger partial charge in [0.25, 0.3) is 0 Å². The SMILES string of the molecule is O=C(O)C(CBr)CBr. The molecule has 0 saturated heterocycles. The van der Waals surface area contributed by atoms with Crippen molar-refractivity contribution in [3.63, 3.8) is 0 Å². The minimum atomic E-state index is -0.765. The summed E-state index contributed by atoms with van der Waals surface area (Å²) < 4.78 is 0. The molecule has 0 bridgehead atoms. The first-order chi connectivity index (χ1) is 3.72. The lowest BCUT2D eigenvalue weighted by Crippen LogP contribution is -2.15. The third kappa shape index (κ3) is 2.67. The van der Waals surface area contributed by atoms with Crippen molar-refractivity contribution in [1.82, 2.24) is 0 Å². The Kier molecular flexibility index (Phi) is 4.56. The number of hydrogen-bond donors (Lipinski definition) is 1. The van der Waals surface area contributed by atoms with Gasteiger partial charge in [-0.2, -0.15) is 0 Å². The molecule has 0 aromatic heterocycles. The topological polar surface area (TPSA) is 37.3 Å². The van der Waals surface area contributed by atoms with E-state index in [-0.39, 0.29) is 5.92 Å². The molecular formula is C4H6Br2O2. The largest absolute Gasteiger partial charge is 0.481 e. The molecule has 0 aliphatic heterocycles. The van der Waals surface area contributed by atoms with Gasteiger partial charge in [0.05, 0.1) is 5.92 Å². The van der Waals surface area contributed by atoms with E-state index in [2.05, 4.69) is 31.9 Å². The van der Waals surface area contributed by atoms with E-state index in [1.807, 2.05) is 0 Å². The maximum absolute atomic E-state index is 10.1. The number of hydrogen-bond acceptors (Lipinski definition) is 1. The maximum atomic E-state index is 10.1. The molecule has 0 fully saturated rings. The average molecular weight is 246 g/mol. The van der Waals surface area contributed by atoms with Gasteiger partial charge in [-0.05, 0) is 0 Å². The van der Waals surface area contributed by atoms with Crippen LogP contribution in [-0.4, -0.2) is 21.7 Å². The van der Waals surface area contributed by atoms with Crippen LogP contribution >= 0.6 is 31.9 Å². The first-order valence-corrected chi connectivity index (χ1v) is 4.31. The van der Waals surface area contributed by atoms with E-state index >= 15 is 0 Å². The molecule has 0 unspecified atom stereocenters. The van der Waals surface area contributed by atoms with Crippen molar-refractivity contribution in [1.29, 1.82) is 0 Å². The monoisotopic (exact) mass is 244 g/mol. The van der Waals surface area contributed by atoms with E-state index < -0.39 is 5.97 Å². The average Bonchev–Trinajstić information content (AvgIpc) is 1.69. The molecule has 0 aromatic rings. The fourth-order valence-corrected chi connectivity index (χ4v) is 1.80. The second-order valence-corrected chi connectivity index (χ2v) is 2.64. The highest BCUT2D eigenvalue weighted by Gasteiger charge is 2.12. The number of rotatable bonds is 3. The van der Waals surface area contributed by atoms with Gasteiger partial charge in [0, 0.05) is 10.7 Å². The lowest BCUT2D eigenvalue weighted by molar-refractivity contribution is -0.140. The third-order valence-electron chi connectivity index (χ3n) is 0.722. The number of aliphatic carboxylic acids is 1. The summed E-state index contributed by atoms with van der Waals surface area (Å²) >= 11 is 6.13. The van der Waals surface area contributed by atoms with Crippen LogP contribution in [0.1, 0.15) is 0 Å². The van der Waals surface area contributed by atoms with Gasteiger partial charge in [0.2, 0.25) is 0 Å². The van der Waals surface area contributed by atoms with Gasteiger partial charge < -0.3 is 5.11 Å². The second kappa shape index (κ2) is 4.32. The molecule has 0 aliphatic carbocycles. The molecule has 8 heavy (non-hydrogen) atoms. The summed E-state index contributed by atoms with van der Waals surface area (Å²) in [5, 5.41) is 9.33. The highest BCUT2D eigenvalue weighted by Crippen LogP contribution is 2.04. The van der Waals surface area contributed by atoms with Crippen LogP contribution in [-0.2, 0) is 4.79 Å². The smallest absolute Gasteiger partial charge is 0.308 e. The van der Waals surface area contributed by atoms with Crippen LogP contribution in [0.5, 0.6) is 0 Å². The Balaban J connectivity index is 3.52. The molecule has 1 N–H and O–H groups in total. The number of carbonyl (C=O) groups is 1. The molecule has 0 atom stereocenters. The molecule has 0 spiro atoms. The van der Waals surface area contributed by atoms with E-state index in [4.69, 9.17) is 5.11 Å². The molecule has 48 valence electrons. The predicted molar refractivity (Wildman–Crippen MR) is 38.7 cm³/mol. The van der Waals surface area contributed by atoms with Crippen molar-refractivity contribution in [3.8, 4) is 0 Å². The van der Waals surface area contributed by atoms with Crippen LogP contribution < -0.4 is 0 Å². The minimum Gasteiger partial charge on any atom is -0.481 e. The summed E-state index contributed by atoms with van der Waals surface area (Å²) in [5.74, 6) is -1.06. The van der Waals surface area contributed by atoms with Gasteiger partial charge in [0.15, 0.2) is 0 Å². The van der Waals surface area contributed by atoms with E-state index in [1.165, 1.54) is 0 Å². The molecule has 0 aromatic carbocycles. The molecule has 0 rings (SSSR count). The van der Waals surface area contributed by atoms with Crippen LogP contribution in [0.3, 0.4) is 0 Å². The Hall–Kier alpha value is 0.430. The molecular weight excluding hydrogens is 240 g/mol. The zero-order valence-corrected chi connectivity index (χ0v) is 7.27. The first kappa shape index (κ1) is 8.43. The lowest BCUT2D eigenvalue weighted by atomic mass is 10.2. The van der Waals surface area contributed by atoms with E-state index in [0.717, 1.165) is 0 Å². The van der Waals surface area contributed by atoms with Crippen molar-refractivity contribution in [2.45, 2.75) is 0 Å². The zero-order valence-electron chi connectivity index (χ0n) is 4.10. The molecule has 4 heteroatoms. The summed E-state index contributed by atoms with van der Waals surface area (Å²) in [6.45, 7) is 0. The number of carboxylic acid groups (broad SMARTS) is 1. The highest BCUT2D eigenvalue weighted by atomic mass is 79.9. The van der Waals surface area contributed by atoms with Gasteiger partial charge in [-0.1, -0.05) is 31.9 Å². The summed E-state index contributed by atoms with van der Waals surface area (Å²) in [7, 11) is 0. The van der Waals surface area contributed by atoms with E-state index in [0.29, 0.717) is 10.7 Å². The van der Waals surface area contributed by atoms with Crippen molar-refractivity contribution >= 4 is 37.8 Å². The number of halogens is 2. The molecule has 0 heterocycles. The van der Waals surface area contributed by atoms with Crippen LogP contribution in [0, 0.1) is 5.92 Å². The first-order valence-electron chi connectivity index (χ1n) is 2.07. The molecule has 0 aliphatic rings. The Morgan fingerprint density at radius 1 is 1.50 bits per heavy atom. The summed E-state index contributed by atoms with van der Waals surface area (Å²) in [6, 6.07) is 0. The highest BCUT2D eigenvalue weighted by molar-refractivity contribution is 9.09. The van der Waals surface area contributed by atoms with Gasteiger partial charge in [0.1, 0.15) is 0 Å². The Morgan fingerprint density at radius 2 is 1.88 bits per heavy atom. The third-order valence-corrected chi connectivity index (χ3v) is 2.28. The summed E-state index contributed by atoms with van der Waals surface area (Å²) in [4.78, 5) is 10.1. The summed E-state index contributed by atoms with van der Waals surface area (Å²) in [6.07, 6.45) is 0. The number of carboxylic acids is 1. The second-order valence-electron chi connectivity index (χ2n) is 1.34. The minimum absolute atomic E-state index is 0.296. The standard InChI is InChI=1S/C4H6Br2O2/c5-1-3(2-6)4(7)8/h3H,1-2H2,(H,7,8). The Bertz CT molecular complexity index is 80.1. The van der Waals surface area contributed by atoms with E-state index in [1.54, 1.807) is 0 Å². The number of alkyl halides is 2. The van der Waals surface area contributed by atoms with Crippen molar-refractivity contribution in [3.05, 3.63) is 0 Å². The lowest BCUT2D eigenvalue weighted by Gasteiger charge is -2.00. The molecule has 0 radical (unpaired) electrons. The van der Waals surface area contributed by atoms with Crippen molar-refractivity contribution in [2.75, 3.05) is 10.7 Å². The van der Waals surface area contributed by atoms with Crippen LogP contribution in [0.15, 0.2) is 0 Å². The van der Waals surface area contributed by atoms with Crippen molar-refractivity contribution in [2.24, 2.45) is 5.92 Å². The Labute approximate surface area is 64.5 Å². The molecule has 2 nitrogen and oxygen atoms in total. The van der Waals surface area contributed by atoms with Gasteiger partial charge in [-0.15, -0.1) is 0 Å². The fourth-order valence-electron chi connectivity index (χ4n) is 0.173. The van der Waals surface area contributed by atoms with Crippen molar-refractivity contribution < 1.29 is 9.90 Å². The van der Waals surface area contributed by atoms with Crippen LogP contribution in [0.25, 0.3) is 0 Å².